The molecule has 0 bridgehead atoms. The third-order valence-corrected chi connectivity index (χ3v) is 3.84. The van der Waals surface area contributed by atoms with E-state index in [4.69, 9.17) is 5.73 Å². The van der Waals surface area contributed by atoms with Crippen LogP contribution in [-0.4, -0.2) is 6.04 Å². The molecule has 1 aliphatic rings. The van der Waals surface area contributed by atoms with Crippen LogP contribution >= 0.6 is 0 Å². The maximum absolute atomic E-state index is 6.27. The van der Waals surface area contributed by atoms with Crippen LogP contribution in [0.15, 0.2) is 35.9 Å². The molecule has 0 aliphatic heterocycles. The summed E-state index contributed by atoms with van der Waals surface area (Å²) in [5.41, 5.74) is 10.6. The molecule has 0 fully saturated rings. The normalized spacial score (nSPS) is 17.3. The van der Waals surface area contributed by atoms with E-state index < -0.39 is 0 Å². The molecule has 0 saturated heterocycles. The molecule has 1 aliphatic carbocycles. The Bertz CT molecular complexity index is 389. The first kappa shape index (κ1) is 13.4. The maximum Gasteiger partial charge on any atom is 0.0117 e. The highest BCUT2D eigenvalue weighted by atomic mass is 14.6. The van der Waals surface area contributed by atoms with Crippen molar-refractivity contribution in [1.82, 2.24) is 0 Å². The predicted molar refractivity (Wildman–Crippen MR) is 78.7 cm³/mol. The van der Waals surface area contributed by atoms with Crippen LogP contribution in [0.1, 0.15) is 50.2 Å². The lowest BCUT2D eigenvalue weighted by molar-refractivity contribution is 0.605. The van der Waals surface area contributed by atoms with Gasteiger partial charge in [-0.05, 0) is 56.1 Å². The Morgan fingerprint density at radius 3 is 2.39 bits per heavy atom. The summed E-state index contributed by atoms with van der Waals surface area (Å²) in [4.78, 5) is 0. The predicted octanol–water partition coefficient (Wildman–Crippen LogP) is 4.01. The molecule has 0 radical (unpaired) electrons. The van der Waals surface area contributed by atoms with Gasteiger partial charge in [0, 0.05) is 6.04 Å². The molecule has 1 aromatic rings. The van der Waals surface area contributed by atoms with Crippen LogP contribution in [0.2, 0.25) is 0 Å². The fraction of sp³-hybridized carbons (Fsp3) is 0.529. The second kappa shape index (κ2) is 6.75. The van der Waals surface area contributed by atoms with E-state index in [1.807, 2.05) is 0 Å². The van der Waals surface area contributed by atoms with Gasteiger partial charge in [0.1, 0.15) is 0 Å². The minimum absolute atomic E-state index is 0.279. The van der Waals surface area contributed by atoms with Crippen LogP contribution in [0, 0.1) is 0 Å². The van der Waals surface area contributed by atoms with Gasteiger partial charge in [0.15, 0.2) is 0 Å². The van der Waals surface area contributed by atoms with Gasteiger partial charge in [0.2, 0.25) is 0 Å². The Hall–Kier alpha value is -1.08. The Labute approximate surface area is 111 Å². The van der Waals surface area contributed by atoms with Crippen molar-refractivity contribution in [3.63, 3.8) is 0 Å². The molecule has 1 atom stereocenters. The van der Waals surface area contributed by atoms with Gasteiger partial charge < -0.3 is 5.73 Å². The Balaban J connectivity index is 1.85. The van der Waals surface area contributed by atoms with Gasteiger partial charge in [0.25, 0.3) is 0 Å². The van der Waals surface area contributed by atoms with Gasteiger partial charge in [-0.1, -0.05) is 42.8 Å². The van der Waals surface area contributed by atoms with Crippen LogP contribution in [0.25, 0.3) is 0 Å². The number of hydrogen-bond acceptors (Lipinski definition) is 1. The second-order valence-electron chi connectivity index (χ2n) is 5.45. The molecular formula is C17H25N. The molecule has 1 aromatic carbocycles. The zero-order valence-corrected chi connectivity index (χ0v) is 11.5. The van der Waals surface area contributed by atoms with Gasteiger partial charge in [-0.2, -0.15) is 0 Å². The largest absolute Gasteiger partial charge is 0.327 e. The highest BCUT2D eigenvalue weighted by molar-refractivity contribution is 5.23. The SMILES string of the molecule is CCc1ccc(CC(N)CC2=CCCCC2)cc1. The Morgan fingerprint density at radius 2 is 1.78 bits per heavy atom. The van der Waals surface area contributed by atoms with Crippen molar-refractivity contribution in [1.29, 1.82) is 0 Å². The molecule has 2 rings (SSSR count). The summed E-state index contributed by atoms with van der Waals surface area (Å²) in [6, 6.07) is 9.19. The monoisotopic (exact) mass is 243 g/mol. The smallest absolute Gasteiger partial charge is 0.0117 e. The van der Waals surface area contributed by atoms with Crippen molar-refractivity contribution < 1.29 is 0 Å². The molecular weight excluding hydrogens is 218 g/mol. The van der Waals surface area contributed by atoms with Crippen LogP contribution in [0.5, 0.6) is 0 Å². The molecule has 0 aromatic heterocycles. The van der Waals surface area contributed by atoms with Gasteiger partial charge >= 0.3 is 0 Å². The first-order chi connectivity index (χ1) is 8.78. The average Bonchev–Trinajstić information content (AvgIpc) is 2.40. The molecule has 0 saturated carbocycles. The summed E-state index contributed by atoms with van der Waals surface area (Å²) in [7, 11) is 0. The van der Waals surface area contributed by atoms with E-state index in [0.29, 0.717) is 0 Å². The zero-order chi connectivity index (χ0) is 12.8. The van der Waals surface area contributed by atoms with Crippen molar-refractivity contribution in [2.45, 2.75) is 57.9 Å². The summed E-state index contributed by atoms with van der Waals surface area (Å²) in [5, 5.41) is 0. The van der Waals surface area contributed by atoms with Gasteiger partial charge in [-0.15, -0.1) is 0 Å². The average molecular weight is 243 g/mol. The van der Waals surface area contributed by atoms with E-state index in [1.54, 1.807) is 5.57 Å². The molecule has 0 spiro atoms. The number of hydrogen-bond donors (Lipinski definition) is 1. The maximum atomic E-state index is 6.27. The second-order valence-corrected chi connectivity index (χ2v) is 5.45. The quantitative estimate of drug-likeness (QED) is 0.777. The van der Waals surface area contributed by atoms with E-state index in [2.05, 4.69) is 37.3 Å². The molecule has 98 valence electrons. The number of rotatable bonds is 5. The number of aryl methyl sites for hydroxylation is 1. The molecule has 1 nitrogen and oxygen atoms in total. The van der Waals surface area contributed by atoms with Crippen molar-refractivity contribution >= 4 is 0 Å². The van der Waals surface area contributed by atoms with E-state index in [-0.39, 0.29) is 6.04 Å². The van der Waals surface area contributed by atoms with Crippen molar-refractivity contribution in [2.24, 2.45) is 5.73 Å². The highest BCUT2D eigenvalue weighted by Crippen LogP contribution is 2.21. The lowest BCUT2D eigenvalue weighted by Gasteiger charge is -2.17. The van der Waals surface area contributed by atoms with E-state index in [0.717, 1.165) is 19.3 Å². The van der Waals surface area contributed by atoms with E-state index in [9.17, 15) is 0 Å². The summed E-state index contributed by atoms with van der Waals surface area (Å²) >= 11 is 0. The third-order valence-electron chi connectivity index (χ3n) is 3.84. The Kier molecular flexibility index (Phi) is 5.00. The van der Waals surface area contributed by atoms with E-state index >= 15 is 0 Å². The van der Waals surface area contributed by atoms with Gasteiger partial charge in [-0.25, -0.2) is 0 Å². The zero-order valence-electron chi connectivity index (χ0n) is 11.5. The van der Waals surface area contributed by atoms with Crippen LogP contribution in [-0.2, 0) is 12.8 Å². The Morgan fingerprint density at radius 1 is 1.06 bits per heavy atom. The molecule has 1 heteroatoms. The molecule has 0 heterocycles. The topological polar surface area (TPSA) is 26.0 Å². The molecule has 18 heavy (non-hydrogen) atoms. The lowest BCUT2D eigenvalue weighted by atomic mass is 9.92. The van der Waals surface area contributed by atoms with E-state index in [1.165, 1.54) is 36.8 Å². The fourth-order valence-corrected chi connectivity index (χ4v) is 2.71. The minimum atomic E-state index is 0.279. The summed E-state index contributed by atoms with van der Waals surface area (Å²) in [5.74, 6) is 0. The standard InChI is InChI=1S/C17H25N/c1-2-14-8-10-16(11-9-14)13-17(18)12-15-6-4-3-5-7-15/h6,8-11,17H,2-5,7,12-13,18H2,1H3. The first-order valence-electron chi connectivity index (χ1n) is 7.29. The summed E-state index contributed by atoms with van der Waals surface area (Å²) in [6.45, 7) is 2.19. The van der Waals surface area contributed by atoms with Crippen LogP contribution in [0.4, 0.5) is 0 Å². The van der Waals surface area contributed by atoms with Crippen molar-refractivity contribution in [3.05, 3.63) is 47.0 Å². The number of benzene rings is 1. The van der Waals surface area contributed by atoms with Gasteiger partial charge in [-0.3, -0.25) is 0 Å². The summed E-state index contributed by atoms with van der Waals surface area (Å²) < 4.78 is 0. The molecule has 1 unspecified atom stereocenters. The van der Waals surface area contributed by atoms with Crippen molar-refractivity contribution in [2.75, 3.05) is 0 Å². The highest BCUT2D eigenvalue weighted by Gasteiger charge is 2.09. The number of nitrogens with two attached hydrogens (primary N) is 1. The lowest BCUT2D eigenvalue weighted by Crippen LogP contribution is -2.23. The van der Waals surface area contributed by atoms with Crippen LogP contribution < -0.4 is 5.73 Å². The number of allylic oxidation sites excluding steroid dienone is 1. The molecule has 2 N–H and O–H groups in total. The summed E-state index contributed by atoms with van der Waals surface area (Å²) in [6.07, 6.45) is 10.8. The van der Waals surface area contributed by atoms with Crippen molar-refractivity contribution in [3.8, 4) is 0 Å². The first-order valence-corrected chi connectivity index (χ1v) is 7.29. The third kappa shape index (κ3) is 3.99. The minimum Gasteiger partial charge on any atom is -0.327 e. The fourth-order valence-electron chi connectivity index (χ4n) is 2.71. The molecule has 0 amide bonds. The van der Waals surface area contributed by atoms with Crippen LogP contribution in [0.3, 0.4) is 0 Å². The van der Waals surface area contributed by atoms with Gasteiger partial charge in [0.05, 0.1) is 0 Å².